The van der Waals surface area contributed by atoms with Gasteiger partial charge in [-0.3, -0.25) is 4.90 Å². The number of piperidine rings is 1. The maximum absolute atomic E-state index is 6.18. The molecule has 5 nitrogen and oxygen atoms in total. The number of aryl methyl sites for hydroxylation is 1. The number of nitrogens with zero attached hydrogens (tertiary/aromatic N) is 3. The molecule has 0 atom stereocenters. The number of rotatable bonds is 7. The Kier molecular flexibility index (Phi) is 6.23. The zero-order valence-corrected chi connectivity index (χ0v) is 15.2. The van der Waals surface area contributed by atoms with Crippen LogP contribution >= 0.6 is 0 Å². The molecule has 5 heteroatoms. The van der Waals surface area contributed by atoms with Crippen LogP contribution in [0.4, 0.5) is 5.95 Å². The third kappa shape index (κ3) is 5.16. The lowest BCUT2D eigenvalue weighted by Gasteiger charge is -2.32. The summed E-state index contributed by atoms with van der Waals surface area (Å²) in [4.78, 5) is 11.2. The van der Waals surface area contributed by atoms with Crippen LogP contribution in [0.25, 0.3) is 0 Å². The SMILES string of the molecule is CCCNc1ncc(CN2CCC(Oc3ccccc3C)CC2)cn1. The molecule has 1 saturated heterocycles. The fraction of sp³-hybridized carbons (Fsp3) is 0.500. The van der Waals surface area contributed by atoms with Crippen LogP contribution in [-0.2, 0) is 6.54 Å². The van der Waals surface area contributed by atoms with Gasteiger partial charge in [-0.15, -0.1) is 0 Å². The molecule has 1 aromatic carbocycles. The van der Waals surface area contributed by atoms with Crippen molar-refractivity contribution in [2.24, 2.45) is 0 Å². The summed E-state index contributed by atoms with van der Waals surface area (Å²) < 4.78 is 6.18. The lowest BCUT2D eigenvalue weighted by Crippen LogP contribution is -2.37. The van der Waals surface area contributed by atoms with E-state index in [-0.39, 0.29) is 0 Å². The summed E-state index contributed by atoms with van der Waals surface area (Å²) in [5, 5.41) is 3.21. The number of hydrogen-bond donors (Lipinski definition) is 1. The zero-order valence-electron chi connectivity index (χ0n) is 15.2. The van der Waals surface area contributed by atoms with Crippen molar-refractivity contribution in [3.63, 3.8) is 0 Å². The number of nitrogens with one attached hydrogen (secondary N) is 1. The topological polar surface area (TPSA) is 50.3 Å². The average Bonchev–Trinajstić information content (AvgIpc) is 2.65. The molecule has 3 rings (SSSR count). The Bertz CT molecular complexity index is 651. The van der Waals surface area contributed by atoms with Crippen molar-refractivity contribution in [1.82, 2.24) is 14.9 Å². The number of ether oxygens (including phenoxy) is 1. The van der Waals surface area contributed by atoms with E-state index >= 15 is 0 Å². The molecule has 2 aromatic rings. The second-order valence-corrected chi connectivity index (χ2v) is 6.70. The number of benzene rings is 1. The van der Waals surface area contributed by atoms with Gasteiger partial charge in [-0.1, -0.05) is 25.1 Å². The second kappa shape index (κ2) is 8.81. The molecule has 0 aliphatic carbocycles. The van der Waals surface area contributed by atoms with Gasteiger partial charge in [0, 0.05) is 44.1 Å². The summed E-state index contributed by atoms with van der Waals surface area (Å²) in [5.74, 6) is 1.74. The van der Waals surface area contributed by atoms with Crippen LogP contribution < -0.4 is 10.1 Å². The Hall–Kier alpha value is -2.14. The molecule has 134 valence electrons. The van der Waals surface area contributed by atoms with E-state index in [1.165, 1.54) is 11.1 Å². The highest BCUT2D eigenvalue weighted by atomic mass is 16.5. The lowest BCUT2D eigenvalue weighted by atomic mass is 10.1. The van der Waals surface area contributed by atoms with Gasteiger partial charge in [0.1, 0.15) is 11.9 Å². The van der Waals surface area contributed by atoms with Gasteiger partial charge < -0.3 is 10.1 Å². The Balaban J connectivity index is 1.45. The van der Waals surface area contributed by atoms with Crippen molar-refractivity contribution in [1.29, 1.82) is 0 Å². The molecule has 2 heterocycles. The number of aromatic nitrogens is 2. The Morgan fingerprint density at radius 3 is 2.56 bits per heavy atom. The quantitative estimate of drug-likeness (QED) is 0.834. The van der Waals surface area contributed by atoms with E-state index in [0.29, 0.717) is 6.10 Å². The van der Waals surface area contributed by atoms with E-state index < -0.39 is 0 Å². The highest BCUT2D eigenvalue weighted by Gasteiger charge is 2.21. The van der Waals surface area contributed by atoms with Gasteiger partial charge in [0.05, 0.1) is 0 Å². The Labute approximate surface area is 150 Å². The van der Waals surface area contributed by atoms with Gasteiger partial charge in [0.2, 0.25) is 5.95 Å². The van der Waals surface area contributed by atoms with Crippen LogP contribution in [0.5, 0.6) is 5.75 Å². The highest BCUT2D eigenvalue weighted by molar-refractivity contribution is 5.32. The molecule has 0 radical (unpaired) electrons. The average molecular weight is 340 g/mol. The van der Waals surface area contributed by atoms with Gasteiger partial charge in [-0.05, 0) is 37.8 Å². The van der Waals surface area contributed by atoms with Crippen LogP contribution in [0.1, 0.15) is 37.3 Å². The van der Waals surface area contributed by atoms with Crippen LogP contribution in [0.3, 0.4) is 0 Å². The molecule has 1 aliphatic rings. The molecule has 0 saturated carbocycles. The first kappa shape index (κ1) is 17.7. The first-order valence-electron chi connectivity index (χ1n) is 9.24. The predicted molar refractivity (Wildman–Crippen MR) is 101 cm³/mol. The molecule has 25 heavy (non-hydrogen) atoms. The van der Waals surface area contributed by atoms with Crippen LogP contribution in [0.2, 0.25) is 0 Å². The number of para-hydroxylation sites is 1. The van der Waals surface area contributed by atoms with E-state index in [1.807, 2.05) is 18.5 Å². The lowest BCUT2D eigenvalue weighted by molar-refractivity contribution is 0.0961. The summed E-state index contributed by atoms with van der Waals surface area (Å²) in [6.07, 6.45) is 7.37. The minimum absolute atomic E-state index is 0.314. The number of anilines is 1. The van der Waals surface area contributed by atoms with E-state index in [1.54, 1.807) is 0 Å². The molecule has 0 amide bonds. The smallest absolute Gasteiger partial charge is 0.222 e. The first-order valence-corrected chi connectivity index (χ1v) is 9.24. The van der Waals surface area contributed by atoms with Gasteiger partial charge in [-0.2, -0.15) is 0 Å². The van der Waals surface area contributed by atoms with Crippen LogP contribution in [0, 0.1) is 6.92 Å². The summed E-state index contributed by atoms with van der Waals surface area (Å²) in [6.45, 7) is 8.15. The van der Waals surface area contributed by atoms with Crippen molar-refractivity contribution in [3.8, 4) is 5.75 Å². The van der Waals surface area contributed by atoms with Crippen molar-refractivity contribution in [2.45, 2.75) is 45.8 Å². The van der Waals surface area contributed by atoms with Gasteiger partial charge in [-0.25, -0.2) is 9.97 Å². The van der Waals surface area contributed by atoms with Crippen molar-refractivity contribution >= 4 is 5.95 Å². The monoisotopic (exact) mass is 340 g/mol. The van der Waals surface area contributed by atoms with Gasteiger partial charge in [0.15, 0.2) is 0 Å². The minimum Gasteiger partial charge on any atom is -0.490 e. The fourth-order valence-corrected chi connectivity index (χ4v) is 3.08. The minimum atomic E-state index is 0.314. The van der Waals surface area contributed by atoms with Crippen LogP contribution in [-0.4, -0.2) is 40.6 Å². The van der Waals surface area contributed by atoms with E-state index in [2.05, 4.69) is 52.2 Å². The predicted octanol–water partition coefficient (Wildman–Crippen LogP) is 3.65. The molecule has 0 bridgehead atoms. The molecule has 1 fully saturated rings. The largest absolute Gasteiger partial charge is 0.490 e. The third-order valence-electron chi connectivity index (χ3n) is 4.57. The standard InChI is InChI=1S/C20H28N4O/c1-3-10-21-20-22-13-17(14-23-20)15-24-11-8-18(9-12-24)25-19-7-5-4-6-16(19)2/h4-7,13-14,18H,3,8-12,15H2,1-2H3,(H,21,22,23). The van der Waals surface area contributed by atoms with Crippen molar-refractivity contribution in [2.75, 3.05) is 25.0 Å². The number of likely N-dealkylation sites (tertiary alicyclic amines) is 1. The van der Waals surface area contributed by atoms with E-state index in [4.69, 9.17) is 4.74 Å². The molecular weight excluding hydrogens is 312 g/mol. The molecule has 1 aromatic heterocycles. The number of hydrogen-bond acceptors (Lipinski definition) is 5. The summed E-state index contributed by atoms with van der Waals surface area (Å²) >= 11 is 0. The maximum Gasteiger partial charge on any atom is 0.222 e. The molecule has 0 unspecified atom stereocenters. The maximum atomic E-state index is 6.18. The van der Waals surface area contributed by atoms with E-state index in [9.17, 15) is 0 Å². The van der Waals surface area contributed by atoms with Gasteiger partial charge in [0.25, 0.3) is 0 Å². The Morgan fingerprint density at radius 2 is 1.88 bits per heavy atom. The van der Waals surface area contributed by atoms with E-state index in [0.717, 1.165) is 57.1 Å². The van der Waals surface area contributed by atoms with Crippen molar-refractivity contribution in [3.05, 3.63) is 47.8 Å². The first-order chi connectivity index (χ1) is 12.2. The summed E-state index contributed by atoms with van der Waals surface area (Å²) in [5.41, 5.74) is 2.37. The van der Waals surface area contributed by atoms with Crippen LogP contribution in [0.15, 0.2) is 36.7 Å². The normalized spacial score (nSPS) is 15.9. The van der Waals surface area contributed by atoms with Gasteiger partial charge >= 0.3 is 0 Å². The zero-order chi connectivity index (χ0) is 17.5. The molecule has 1 N–H and O–H groups in total. The summed E-state index contributed by atoms with van der Waals surface area (Å²) in [6, 6.07) is 8.25. The molecular formula is C20H28N4O. The van der Waals surface area contributed by atoms with Crippen molar-refractivity contribution < 1.29 is 4.74 Å². The second-order valence-electron chi connectivity index (χ2n) is 6.70. The Morgan fingerprint density at radius 1 is 1.16 bits per heavy atom. The summed E-state index contributed by atoms with van der Waals surface area (Å²) in [7, 11) is 0. The highest BCUT2D eigenvalue weighted by Crippen LogP contribution is 2.22. The fourth-order valence-electron chi connectivity index (χ4n) is 3.08. The third-order valence-corrected chi connectivity index (χ3v) is 4.57. The molecule has 1 aliphatic heterocycles. The molecule has 0 spiro atoms.